The fourth-order valence-electron chi connectivity index (χ4n) is 3.34. The molecule has 4 nitrogen and oxygen atoms in total. The third-order valence-corrected chi connectivity index (χ3v) is 7.14. The van der Waals surface area contributed by atoms with E-state index in [1.165, 1.54) is 0 Å². The van der Waals surface area contributed by atoms with Crippen LogP contribution in [0.25, 0.3) is 0 Å². The number of benzene rings is 2. The maximum atomic E-state index is 13.0. The molecular weight excluding hydrogens is 322 g/mol. The van der Waals surface area contributed by atoms with E-state index in [4.69, 9.17) is 0 Å². The zero-order valence-electron chi connectivity index (χ0n) is 13.6. The Hall–Kier alpha value is -2.16. The van der Waals surface area contributed by atoms with Crippen molar-refractivity contribution in [2.24, 2.45) is 5.41 Å². The third-order valence-electron chi connectivity index (χ3n) is 4.85. The monoisotopic (exact) mass is 341 g/mol. The lowest BCUT2D eigenvalue weighted by molar-refractivity contribution is 0.242. The number of rotatable bonds is 4. The molecule has 1 aliphatic carbocycles. The molecule has 0 aliphatic heterocycles. The molecule has 0 bridgehead atoms. The number of nitriles is 1. The maximum absolute atomic E-state index is 13.0. The molecule has 124 valence electrons. The quantitative estimate of drug-likeness (QED) is 0.927. The van der Waals surface area contributed by atoms with Gasteiger partial charge in [0.25, 0.3) is 0 Å². The van der Waals surface area contributed by atoms with Crippen LogP contribution in [0.4, 0.5) is 0 Å². The molecule has 1 saturated carbocycles. The normalized spacial score (nSPS) is 25.9. The van der Waals surface area contributed by atoms with E-state index in [1.807, 2.05) is 38.1 Å². The van der Waals surface area contributed by atoms with E-state index in [0.29, 0.717) is 0 Å². The zero-order valence-corrected chi connectivity index (χ0v) is 14.4. The van der Waals surface area contributed by atoms with Crippen LogP contribution in [-0.2, 0) is 9.84 Å². The summed E-state index contributed by atoms with van der Waals surface area (Å²) in [5.74, 6) is -0.514. The number of sulfone groups is 1. The molecule has 0 radical (unpaired) electrons. The minimum atomic E-state index is -3.70. The van der Waals surface area contributed by atoms with Crippen LogP contribution in [0.3, 0.4) is 0 Å². The van der Waals surface area contributed by atoms with Gasteiger partial charge in [0, 0.05) is 5.92 Å². The Kier molecular flexibility index (Phi) is 3.98. The number of aliphatic hydroxyl groups excluding tert-OH is 1. The second-order valence-corrected chi connectivity index (χ2v) is 8.55. The SMILES string of the molecule is Cc1ccc([C@@H]2[C@H](S(=O)(=O)c3ccc(C)cc3)[C@]2(C#N)CO)cc1. The molecule has 2 aromatic rings. The van der Waals surface area contributed by atoms with Crippen molar-refractivity contribution in [3.63, 3.8) is 0 Å². The molecule has 5 heteroatoms. The van der Waals surface area contributed by atoms with Gasteiger partial charge in [-0.1, -0.05) is 47.5 Å². The summed E-state index contributed by atoms with van der Waals surface area (Å²) in [4.78, 5) is 0.195. The molecule has 3 rings (SSSR count). The van der Waals surface area contributed by atoms with Crippen LogP contribution in [0.1, 0.15) is 22.6 Å². The van der Waals surface area contributed by atoms with Gasteiger partial charge in [-0.3, -0.25) is 0 Å². The molecule has 1 N–H and O–H groups in total. The lowest BCUT2D eigenvalue weighted by Crippen LogP contribution is -2.18. The van der Waals surface area contributed by atoms with Gasteiger partial charge >= 0.3 is 0 Å². The van der Waals surface area contributed by atoms with E-state index in [9.17, 15) is 18.8 Å². The highest BCUT2D eigenvalue weighted by molar-refractivity contribution is 7.92. The molecule has 24 heavy (non-hydrogen) atoms. The maximum Gasteiger partial charge on any atom is 0.183 e. The zero-order chi connectivity index (χ0) is 17.5. The molecular formula is C19H19NO3S. The van der Waals surface area contributed by atoms with Crippen LogP contribution in [0, 0.1) is 30.6 Å². The van der Waals surface area contributed by atoms with E-state index in [2.05, 4.69) is 6.07 Å². The van der Waals surface area contributed by atoms with Gasteiger partial charge < -0.3 is 5.11 Å². The summed E-state index contributed by atoms with van der Waals surface area (Å²) in [5, 5.41) is 18.4. The Balaban J connectivity index is 2.06. The van der Waals surface area contributed by atoms with Crippen molar-refractivity contribution in [2.75, 3.05) is 6.61 Å². The molecule has 0 aromatic heterocycles. The summed E-state index contributed by atoms with van der Waals surface area (Å²) in [5.41, 5.74) is 1.52. The van der Waals surface area contributed by atoms with Crippen LogP contribution in [0.2, 0.25) is 0 Å². The first-order valence-corrected chi connectivity index (χ1v) is 9.30. The fourth-order valence-corrected chi connectivity index (χ4v) is 5.65. The number of hydrogen-bond acceptors (Lipinski definition) is 4. The van der Waals surface area contributed by atoms with E-state index < -0.39 is 33.0 Å². The van der Waals surface area contributed by atoms with Gasteiger partial charge in [-0.2, -0.15) is 5.26 Å². The predicted molar refractivity (Wildman–Crippen MR) is 91.2 cm³/mol. The topological polar surface area (TPSA) is 78.2 Å². The van der Waals surface area contributed by atoms with Gasteiger partial charge in [-0.15, -0.1) is 0 Å². The van der Waals surface area contributed by atoms with Gasteiger partial charge in [-0.25, -0.2) is 8.42 Å². The van der Waals surface area contributed by atoms with Crippen LogP contribution >= 0.6 is 0 Å². The van der Waals surface area contributed by atoms with Crippen molar-refractivity contribution in [1.82, 2.24) is 0 Å². The first-order valence-electron chi connectivity index (χ1n) is 7.76. The summed E-state index contributed by atoms with van der Waals surface area (Å²) in [6, 6.07) is 16.1. The highest BCUT2D eigenvalue weighted by Crippen LogP contribution is 2.63. The van der Waals surface area contributed by atoms with Crippen molar-refractivity contribution in [3.05, 3.63) is 65.2 Å². The molecule has 0 saturated heterocycles. The van der Waals surface area contributed by atoms with Gasteiger partial charge in [0.05, 0.1) is 22.8 Å². The molecule has 0 amide bonds. The van der Waals surface area contributed by atoms with E-state index in [0.717, 1.165) is 16.7 Å². The van der Waals surface area contributed by atoms with E-state index in [-0.39, 0.29) is 4.90 Å². The van der Waals surface area contributed by atoms with Gasteiger partial charge in [0.15, 0.2) is 9.84 Å². The van der Waals surface area contributed by atoms with Crippen molar-refractivity contribution in [2.45, 2.75) is 29.9 Å². The Morgan fingerprint density at radius 1 is 1.04 bits per heavy atom. The summed E-state index contributed by atoms with van der Waals surface area (Å²) >= 11 is 0. The van der Waals surface area contributed by atoms with Crippen molar-refractivity contribution in [3.8, 4) is 6.07 Å². The minimum Gasteiger partial charge on any atom is -0.395 e. The summed E-state index contributed by atoms with van der Waals surface area (Å²) < 4.78 is 26.1. The summed E-state index contributed by atoms with van der Waals surface area (Å²) in [7, 11) is -3.70. The molecule has 0 heterocycles. The first-order chi connectivity index (χ1) is 11.4. The number of aryl methyl sites for hydroxylation is 2. The Labute approximate surface area is 142 Å². The van der Waals surface area contributed by atoms with Gasteiger partial charge in [-0.05, 0) is 31.5 Å². The molecule has 0 spiro atoms. The summed E-state index contributed by atoms with van der Waals surface area (Å²) in [6.07, 6.45) is 0. The van der Waals surface area contributed by atoms with Gasteiger partial charge in [0.2, 0.25) is 0 Å². The number of hydrogen-bond donors (Lipinski definition) is 1. The second-order valence-electron chi connectivity index (χ2n) is 6.48. The highest BCUT2D eigenvalue weighted by atomic mass is 32.2. The number of nitrogens with zero attached hydrogens (tertiary/aromatic N) is 1. The Morgan fingerprint density at radius 2 is 1.54 bits per heavy atom. The molecule has 3 atom stereocenters. The molecule has 1 fully saturated rings. The lowest BCUT2D eigenvalue weighted by atomic mass is 10.0. The van der Waals surface area contributed by atoms with Crippen molar-refractivity contribution in [1.29, 1.82) is 5.26 Å². The molecule has 0 unspecified atom stereocenters. The Morgan fingerprint density at radius 3 is 2.00 bits per heavy atom. The third kappa shape index (κ3) is 2.43. The van der Waals surface area contributed by atoms with Crippen molar-refractivity contribution < 1.29 is 13.5 Å². The van der Waals surface area contributed by atoms with Crippen LogP contribution in [0.5, 0.6) is 0 Å². The highest BCUT2D eigenvalue weighted by Gasteiger charge is 2.72. The fraction of sp³-hybridized carbons (Fsp3) is 0.316. The second kappa shape index (κ2) is 5.73. The Bertz CT molecular complexity index is 895. The predicted octanol–water partition coefficient (Wildman–Crippen LogP) is 2.75. The average Bonchev–Trinajstić information content (AvgIpc) is 3.26. The first kappa shape index (κ1) is 16.7. The average molecular weight is 341 g/mol. The van der Waals surface area contributed by atoms with E-state index >= 15 is 0 Å². The van der Waals surface area contributed by atoms with Crippen LogP contribution in [-0.4, -0.2) is 25.4 Å². The molecule has 1 aliphatic rings. The van der Waals surface area contributed by atoms with Crippen LogP contribution < -0.4 is 0 Å². The van der Waals surface area contributed by atoms with Crippen LogP contribution in [0.15, 0.2) is 53.4 Å². The van der Waals surface area contributed by atoms with Gasteiger partial charge in [0.1, 0.15) is 5.41 Å². The van der Waals surface area contributed by atoms with Crippen molar-refractivity contribution >= 4 is 9.84 Å². The summed E-state index contributed by atoms with van der Waals surface area (Å²) in [6.45, 7) is 3.36. The standard InChI is InChI=1S/C19H19NO3S/c1-13-3-7-15(8-4-13)17-18(19(17,11-20)12-21)24(22,23)16-9-5-14(2)6-10-16/h3-10,17-18,21H,12H2,1-2H3/t17-,18+,19-/m1/s1. The smallest absolute Gasteiger partial charge is 0.183 e. The molecule has 2 aromatic carbocycles. The lowest BCUT2D eigenvalue weighted by Gasteiger charge is -2.06. The van der Waals surface area contributed by atoms with E-state index in [1.54, 1.807) is 24.3 Å². The largest absolute Gasteiger partial charge is 0.395 e. The minimum absolute atomic E-state index is 0.195. The number of aliphatic hydroxyl groups is 1.